The van der Waals surface area contributed by atoms with Crippen LogP contribution < -0.4 is 0 Å². The molecule has 0 amide bonds. The number of hydrogen-bond acceptors (Lipinski definition) is 2. The average Bonchev–Trinajstić information content (AvgIpc) is 2.41. The van der Waals surface area contributed by atoms with Gasteiger partial charge in [0.2, 0.25) is 0 Å². The molecule has 2 aromatic carbocycles. The zero-order valence-corrected chi connectivity index (χ0v) is 12.3. The number of aromatic carboxylic acids is 1. The maximum atomic E-state index is 13.6. The van der Waals surface area contributed by atoms with Crippen LogP contribution in [0.25, 0.3) is 0 Å². The molecule has 0 spiro atoms. The zero-order valence-electron chi connectivity index (χ0n) is 11.5. The van der Waals surface area contributed by atoms with E-state index >= 15 is 0 Å². The second kappa shape index (κ2) is 6.70. The lowest BCUT2D eigenvalue weighted by atomic mass is 10.1. The van der Waals surface area contributed by atoms with Crippen molar-refractivity contribution >= 4 is 17.6 Å². The van der Waals surface area contributed by atoms with Crippen LogP contribution in [0.4, 0.5) is 4.39 Å². The van der Waals surface area contributed by atoms with Gasteiger partial charge in [-0.1, -0.05) is 35.9 Å². The van der Waals surface area contributed by atoms with Gasteiger partial charge in [-0.15, -0.1) is 0 Å². The Balaban J connectivity index is 2.06. The fraction of sp³-hybridized carbons (Fsp3) is 0.188. The highest BCUT2D eigenvalue weighted by Gasteiger charge is 2.11. The first-order chi connectivity index (χ1) is 9.97. The molecule has 0 bridgehead atoms. The maximum absolute atomic E-state index is 13.6. The lowest BCUT2D eigenvalue weighted by molar-refractivity contribution is 0.0692. The van der Waals surface area contributed by atoms with Crippen LogP contribution in [0.5, 0.6) is 0 Å². The molecule has 3 nitrogen and oxygen atoms in total. The van der Waals surface area contributed by atoms with E-state index in [1.165, 1.54) is 12.1 Å². The Morgan fingerprint density at radius 1 is 1.24 bits per heavy atom. The number of nitrogens with zero attached hydrogens (tertiary/aromatic N) is 1. The van der Waals surface area contributed by atoms with Gasteiger partial charge in [-0.3, -0.25) is 4.90 Å². The molecule has 2 aromatic rings. The van der Waals surface area contributed by atoms with E-state index in [1.54, 1.807) is 6.07 Å². The summed E-state index contributed by atoms with van der Waals surface area (Å²) >= 11 is 6.10. The summed E-state index contributed by atoms with van der Waals surface area (Å²) in [6.45, 7) is 1.13. The Morgan fingerprint density at radius 2 is 1.95 bits per heavy atom. The van der Waals surface area contributed by atoms with E-state index in [9.17, 15) is 9.18 Å². The first kappa shape index (κ1) is 15.5. The number of carboxylic acid groups (broad SMARTS) is 1. The Kier molecular flexibility index (Phi) is 4.94. The summed E-state index contributed by atoms with van der Waals surface area (Å²) in [7, 11) is 1.90. The van der Waals surface area contributed by atoms with Gasteiger partial charge in [0, 0.05) is 18.1 Å². The standard InChI is InChI=1S/C16H15ClFNO2/c1-19(10-12-4-2-3-5-14(12)17)9-11-6-7-13(16(20)21)15(18)8-11/h2-8H,9-10H2,1H3,(H,20,21). The number of halogens is 2. The lowest BCUT2D eigenvalue weighted by Gasteiger charge is -2.17. The molecule has 0 aromatic heterocycles. The Morgan fingerprint density at radius 3 is 2.57 bits per heavy atom. The predicted molar refractivity (Wildman–Crippen MR) is 80.0 cm³/mol. The number of rotatable bonds is 5. The van der Waals surface area contributed by atoms with Crippen LogP contribution in [0.15, 0.2) is 42.5 Å². The summed E-state index contributed by atoms with van der Waals surface area (Å²) in [6, 6.07) is 11.7. The first-order valence-electron chi connectivity index (χ1n) is 6.41. The van der Waals surface area contributed by atoms with Crippen molar-refractivity contribution in [2.24, 2.45) is 0 Å². The van der Waals surface area contributed by atoms with E-state index in [0.29, 0.717) is 23.7 Å². The second-order valence-electron chi connectivity index (χ2n) is 4.88. The number of benzene rings is 2. The van der Waals surface area contributed by atoms with Crippen LogP contribution in [0, 0.1) is 5.82 Å². The van der Waals surface area contributed by atoms with Gasteiger partial charge in [0.25, 0.3) is 0 Å². The molecule has 1 N–H and O–H groups in total. The fourth-order valence-electron chi connectivity index (χ4n) is 2.12. The van der Waals surface area contributed by atoms with Crippen LogP contribution in [0.1, 0.15) is 21.5 Å². The molecule has 2 rings (SSSR count). The minimum absolute atomic E-state index is 0.312. The SMILES string of the molecule is CN(Cc1ccc(C(=O)O)c(F)c1)Cc1ccccc1Cl. The van der Waals surface area contributed by atoms with Gasteiger partial charge in [0.05, 0.1) is 5.56 Å². The van der Waals surface area contributed by atoms with Crippen LogP contribution in [-0.2, 0) is 13.1 Å². The zero-order chi connectivity index (χ0) is 15.4. The van der Waals surface area contributed by atoms with Gasteiger partial charge < -0.3 is 5.11 Å². The van der Waals surface area contributed by atoms with Gasteiger partial charge >= 0.3 is 5.97 Å². The molecule has 0 radical (unpaired) electrons. The van der Waals surface area contributed by atoms with Crippen molar-refractivity contribution in [2.75, 3.05) is 7.05 Å². The third-order valence-corrected chi connectivity index (χ3v) is 3.48. The molecule has 21 heavy (non-hydrogen) atoms. The molecule has 0 aliphatic carbocycles. The average molecular weight is 308 g/mol. The molecule has 110 valence electrons. The van der Waals surface area contributed by atoms with E-state index in [1.807, 2.05) is 36.2 Å². The van der Waals surface area contributed by atoms with Crippen molar-refractivity contribution in [2.45, 2.75) is 13.1 Å². The van der Waals surface area contributed by atoms with Gasteiger partial charge in [0.15, 0.2) is 0 Å². The Labute approximate surface area is 127 Å². The fourth-order valence-corrected chi connectivity index (χ4v) is 2.31. The summed E-state index contributed by atoms with van der Waals surface area (Å²) < 4.78 is 13.6. The largest absolute Gasteiger partial charge is 0.478 e. The Bertz CT molecular complexity index is 660. The molecule has 0 atom stereocenters. The molecule has 0 saturated carbocycles. The predicted octanol–water partition coefficient (Wildman–Crippen LogP) is 3.81. The van der Waals surface area contributed by atoms with E-state index in [2.05, 4.69) is 0 Å². The summed E-state index contributed by atoms with van der Waals surface area (Å²) in [5.41, 5.74) is 1.39. The number of carbonyl (C=O) groups is 1. The van der Waals surface area contributed by atoms with E-state index < -0.39 is 11.8 Å². The first-order valence-corrected chi connectivity index (χ1v) is 6.79. The molecule has 0 fully saturated rings. The highest BCUT2D eigenvalue weighted by Crippen LogP contribution is 2.18. The van der Waals surface area contributed by atoms with Crippen molar-refractivity contribution in [1.29, 1.82) is 0 Å². The van der Waals surface area contributed by atoms with Crippen molar-refractivity contribution in [1.82, 2.24) is 4.90 Å². The molecule has 0 aliphatic rings. The van der Waals surface area contributed by atoms with Gasteiger partial charge in [-0.05, 0) is 36.4 Å². The normalized spacial score (nSPS) is 10.9. The minimum atomic E-state index is -1.26. The highest BCUT2D eigenvalue weighted by atomic mass is 35.5. The van der Waals surface area contributed by atoms with Gasteiger partial charge in [-0.25, -0.2) is 9.18 Å². The number of hydrogen-bond donors (Lipinski definition) is 1. The van der Waals surface area contributed by atoms with Crippen LogP contribution in [0.3, 0.4) is 0 Å². The van der Waals surface area contributed by atoms with Crippen LogP contribution >= 0.6 is 11.6 Å². The molecular formula is C16H15ClFNO2. The van der Waals surface area contributed by atoms with Gasteiger partial charge in [0.1, 0.15) is 5.82 Å². The minimum Gasteiger partial charge on any atom is -0.478 e. The second-order valence-corrected chi connectivity index (χ2v) is 5.29. The van der Waals surface area contributed by atoms with Crippen LogP contribution in [-0.4, -0.2) is 23.0 Å². The molecule has 0 saturated heterocycles. The maximum Gasteiger partial charge on any atom is 0.338 e. The summed E-state index contributed by atoms with van der Waals surface area (Å²) in [4.78, 5) is 12.8. The summed E-state index contributed by atoms with van der Waals surface area (Å²) in [6.07, 6.45) is 0. The van der Waals surface area contributed by atoms with Crippen molar-refractivity contribution in [3.8, 4) is 0 Å². The number of carboxylic acids is 1. The summed E-state index contributed by atoms with van der Waals surface area (Å²) in [5, 5.41) is 9.49. The summed E-state index contributed by atoms with van der Waals surface area (Å²) in [5.74, 6) is -1.98. The van der Waals surface area contributed by atoms with Gasteiger partial charge in [-0.2, -0.15) is 0 Å². The van der Waals surface area contributed by atoms with Crippen LogP contribution in [0.2, 0.25) is 5.02 Å². The van der Waals surface area contributed by atoms with Crippen molar-refractivity contribution < 1.29 is 14.3 Å². The Hall–Kier alpha value is -1.91. The molecular weight excluding hydrogens is 293 g/mol. The van der Waals surface area contributed by atoms with E-state index in [4.69, 9.17) is 16.7 Å². The topological polar surface area (TPSA) is 40.5 Å². The quantitative estimate of drug-likeness (QED) is 0.913. The van der Waals surface area contributed by atoms with Crippen molar-refractivity contribution in [3.63, 3.8) is 0 Å². The highest BCUT2D eigenvalue weighted by molar-refractivity contribution is 6.31. The van der Waals surface area contributed by atoms with E-state index in [0.717, 1.165) is 5.56 Å². The monoisotopic (exact) mass is 307 g/mol. The molecule has 0 heterocycles. The molecule has 0 aliphatic heterocycles. The third-order valence-electron chi connectivity index (χ3n) is 3.11. The van der Waals surface area contributed by atoms with E-state index in [-0.39, 0.29) is 5.56 Å². The molecule has 0 unspecified atom stereocenters. The van der Waals surface area contributed by atoms with Crippen molar-refractivity contribution in [3.05, 3.63) is 70.0 Å². The smallest absolute Gasteiger partial charge is 0.338 e. The lowest BCUT2D eigenvalue weighted by Crippen LogP contribution is -2.17. The molecule has 5 heteroatoms. The third kappa shape index (κ3) is 4.03.